The van der Waals surface area contributed by atoms with Crippen molar-refractivity contribution in [2.45, 2.75) is 18.8 Å². The van der Waals surface area contributed by atoms with Gasteiger partial charge >= 0.3 is 5.97 Å². The fraction of sp³-hybridized carbons (Fsp3) is 0.364. The van der Waals surface area contributed by atoms with Crippen molar-refractivity contribution in [3.63, 3.8) is 0 Å². The van der Waals surface area contributed by atoms with Crippen molar-refractivity contribution < 1.29 is 15.0 Å². The third-order valence-electron chi connectivity index (χ3n) is 2.82. The monoisotopic (exact) mass is 192 g/mol. The number of benzene rings is 1. The normalized spacial score (nSPS) is 19.4. The molecule has 2 rings (SSSR count). The Morgan fingerprint density at radius 3 is 2.93 bits per heavy atom. The van der Waals surface area contributed by atoms with E-state index in [4.69, 9.17) is 10.2 Å². The molecule has 2 N–H and O–H groups in total. The van der Waals surface area contributed by atoms with Crippen molar-refractivity contribution in [2.24, 2.45) is 0 Å². The molecule has 0 saturated carbocycles. The molecule has 0 spiro atoms. The van der Waals surface area contributed by atoms with Gasteiger partial charge in [-0.25, -0.2) is 4.79 Å². The summed E-state index contributed by atoms with van der Waals surface area (Å²) in [5.41, 5.74) is 2.26. The predicted molar refractivity (Wildman–Crippen MR) is 51.5 cm³/mol. The van der Waals surface area contributed by atoms with Gasteiger partial charge in [-0.1, -0.05) is 12.1 Å². The average Bonchev–Trinajstić information content (AvgIpc) is 2.59. The number of aryl methyl sites for hydroxylation is 1. The van der Waals surface area contributed by atoms with Crippen LogP contribution in [-0.4, -0.2) is 22.8 Å². The van der Waals surface area contributed by atoms with Crippen LogP contribution in [0.5, 0.6) is 0 Å². The van der Waals surface area contributed by atoms with Gasteiger partial charge < -0.3 is 10.2 Å². The van der Waals surface area contributed by atoms with E-state index >= 15 is 0 Å². The quantitative estimate of drug-likeness (QED) is 0.744. The van der Waals surface area contributed by atoms with Gasteiger partial charge in [0, 0.05) is 12.5 Å². The molecule has 0 radical (unpaired) electrons. The zero-order chi connectivity index (χ0) is 10.1. The van der Waals surface area contributed by atoms with Gasteiger partial charge in [0.15, 0.2) is 0 Å². The van der Waals surface area contributed by atoms with Crippen LogP contribution in [0.2, 0.25) is 0 Å². The number of aromatic carboxylic acids is 1. The Bertz CT molecular complexity index is 371. The van der Waals surface area contributed by atoms with Crippen LogP contribution in [0, 0.1) is 0 Å². The molecule has 74 valence electrons. The molecule has 0 aliphatic heterocycles. The van der Waals surface area contributed by atoms with E-state index in [-0.39, 0.29) is 12.5 Å². The summed E-state index contributed by atoms with van der Waals surface area (Å²) < 4.78 is 0. The SMILES string of the molecule is O=C(O)c1cccc2c1C(CO)CC2. The Kier molecular flexibility index (Phi) is 2.25. The summed E-state index contributed by atoms with van der Waals surface area (Å²) in [6, 6.07) is 5.31. The number of hydrogen-bond acceptors (Lipinski definition) is 2. The Morgan fingerprint density at radius 2 is 2.29 bits per heavy atom. The van der Waals surface area contributed by atoms with Crippen molar-refractivity contribution >= 4 is 5.97 Å². The molecule has 0 aromatic heterocycles. The number of hydrogen-bond donors (Lipinski definition) is 2. The first kappa shape index (κ1) is 9.21. The zero-order valence-corrected chi connectivity index (χ0v) is 7.73. The minimum atomic E-state index is -0.901. The van der Waals surface area contributed by atoms with Crippen molar-refractivity contribution in [3.8, 4) is 0 Å². The average molecular weight is 192 g/mol. The minimum absolute atomic E-state index is 0.0114. The van der Waals surface area contributed by atoms with Gasteiger partial charge in [-0.2, -0.15) is 0 Å². The van der Waals surface area contributed by atoms with E-state index in [0.717, 1.165) is 24.0 Å². The molecule has 1 aromatic rings. The molecule has 1 unspecified atom stereocenters. The first-order valence-corrected chi connectivity index (χ1v) is 4.70. The molecule has 0 amide bonds. The molecular formula is C11H12O3. The Balaban J connectivity index is 2.54. The molecule has 1 atom stereocenters. The van der Waals surface area contributed by atoms with Crippen molar-refractivity contribution in [3.05, 3.63) is 34.9 Å². The van der Waals surface area contributed by atoms with Crippen LogP contribution in [0.3, 0.4) is 0 Å². The highest BCUT2D eigenvalue weighted by Crippen LogP contribution is 2.35. The summed E-state index contributed by atoms with van der Waals surface area (Å²) in [6.45, 7) is 0.0390. The van der Waals surface area contributed by atoms with E-state index in [1.165, 1.54) is 0 Å². The van der Waals surface area contributed by atoms with Crippen molar-refractivity contribution in [2.75, 3.05) is 6.61 Å². The number of carboxylic acids is 1. The maximum atomic E-state index is 10.9. The lowest BCUT2D eigenvalue weighted by Gasteiger charge is -2.10. The van der Waals surface area contributed by atoms with Gasteiger partial charge in [0.1, 0.15) is 0 Å². The van der Waals surface area contributed by atoms with Crippen LogP contribution in [0.1, 0.15) is 33.8 Å². The van der Waals surface area contributed by atoms with Crippen LogP contribution in [-0.2, 0) is 6.42 Å². The van der Waals surface area contributed by atoms with Gasteiger partial charge in [-0.05, 0) is 30.0 Å². The van der Waals surface area contributed by atoms with Crippen LogP contribution in [0.15, 0.2) is 18.2 Å². The van der Waals surface area contributed by atoms with Gasteiger partial charge in [-0.15, -0.1) is 0 Å². The highest BCUT2D eigenvalue weighted by atomic mass is 16.4. The van der Waals surface area contributed by atoms with E-state index in [2.05, 4.69) is 0 Å². The molecule has 3 heteroatoms. The maximum Gasteiger partial charge on any atom is 0.335 e. The Labute approximate surface area is 82.0 Å². The second-order valence-electron chi connectivity index (χ2n) is 3.60. The predicted octanol–water partition coefficient (Wildman–Crippen LogP) is 1.41. The topological polar surface area (TPSA) is 57.5 Å². The zero-order valence-electron chi connectivity index (χ0n) is 7.73. The number of aliphatic hydroxyl groups excluding tert-OH is 1. The molecule has 1 aromatic carbocycles. The molecule has 14 heavy (non-hydrogen) atoms. The van der Waals surface area contributed by atoms with Gasteiger partial charge in [0.05, 0.1) is 5.56 Å². The summed E-state index contributed by atoms with van der Waals surface area (Å²) in [5.74, 6) is -0.889. The van der Waals surface area contributed by atoms with E-state index in [0.29, 0.717) is 5.56 Å². The van der Waals surface area contributed by atoms with E-state index < -0.39 is 5.97 Å². The van der Waals surface area contributed by atoms with E-state index in [1.54, 1.807) is 12.1 Å². The number of rotatable bonds is 2. The van der Waals surface area contributed by atoms with E-state index in [9.17, 15) is 4.79 Å². The molecule has 0 bridgehead atoms. The second-order valence-corrected chi connectivity index (χ2v) is 3.60. The molecule has 0 saturated heterocycles. The third kappa shape index (κ3) is 1.30. The first-order chi connectivity index (χ1) is 6.74. The minimum Gasteiger partial charge on any atom is -0.478 e. The lowest BCUT2D eigenvalue weighted by Crippen LogP contribution is -2.07. The first-order valence-electron chi connectivity index (χ1n) is 4.70. The summed E-state index contributed by atoms with van der Waals surface area (Å²) >= 11 is 0. The Hall–Kier alpha value is -1.35. The molecule has 0 heterocycles. The van der Waals surface area contributed by atoms with Gasteiger partial charge in [0.25, 0.3) is 0 Å². The number of aliphatic hydroxyl groups is 1. The number of carbonyl (C=O) groups is 1. The van der Waals surface area contributed by atoms with Gasteiger partial charge in [0.2, 0.25) is 0 Å². The van der Waals surface area contributed by atoms with Crippen LogP contribution >= 0.6 is 0 Å². The third-order valence-corrected chi connectivity index (χ3v) is 2.82. The highest BCUT2D eigenvalue weighted by Gasteiger charge is 2.26. The smallest absolute Gasteiger partial charge is 0.335 e. The molecule has 0 fully saturated rings. The summed E-state index contributed by atoms with van der Waals surface area (Å²) in [6.07, 6.45) is 1.73. The van der Waals surface area contributed by atoms with Crippen LogP contribution < -0.4 is 0 Å². The second kappa shape index (κ2) is 3.42. The van der Waals surface area contributed by atoms with Crippen LogP contribution in [0.4, 0.5) is 0 Å². The molecule has 1 aliphatic rings. The molecular weight excluding hydrogens is 180 g/mol. The highest BCUT2D eigenvalue weighted by molar-refractivity contribution is 5.90. The maximum absolute atomic E-state index is 10.9. The number of carboxylic acid groups (broad SMARTS) is 1. The fourth-order valence-corrected chi connectivity index (χ4v) is 2.16. The fourth-order valence-electron chi connectivity index (χ4n) is 2.16. The largest absolute Gasteiger partial charge is 0.478 e. The van der Waals surface area contributed by atoms with Crippen LogP contribution in [0.25, 0.3) is 0 Å². The Morgan fingerprint density at radius 1 is 1.50 bits per heavy atom. The summed E-state index contributed by atoms with van der Waals surface area (Å²) in [5, 5.41) is 18.1. The van der Waals surface area contributed by atoms with Crippen molar-refractivity contribution in [1.82, 2.24) is 0 Å². The lowest BCUT2D eigenvalue weighted by molar-refractivity contribution is 0.0695. The standard InChI is InChI=1S/C11H12O3/c12-6-8-5-4-7-2-1-3-9(10(7)8)11(13)14/h1-3,8,12H,4-6H2,(H,13,14). The summed E-state index contributed by atoms with van der Waals surface area (Å²) in [4.78, 5) is 10.9. The van der Waals surface area contributed by atoms with Crippen molar-refractivity contribution in [1.29, 1.82) is 0 Å². The number of fused-ring (bicyclic) bond motifs is 1. The van der Waals surface area contributed by atoms with E-state index in [1.807, 2.05) is 6.07 Å². The van der Waals surface area contributed by atoms with Gasteiger partial charge in [-0.3, -0.25) is 0 Å². The lowest BCUT2D eigenvalue weighted by atomic mass is 9.96. The molecule has 3 nitrogen and oxygen atoms in total. The molecule has 1 aliphatic carbocycles. The summed E-state index contributed by atoms with van der Waals surface area (Å²) in [7, 11) is 0.